The molecule has 1 saturated heterocycles. The summed E-state index contributed by atoms with van der Waals surface area (Å²) < 4.78 is 5.32. The highest BCUT2D eigenvalue weighted by molar-refractivity contribution is 5.93. The van der Waals surface area contributed by atoms with Gasteiger partial charge in [-0.1, -0.05) is 0 Å². The lowest BCUT2D eigenvalue weighted by Gasteiger charge is -2.21. The second-order valence-corrected chi connectivity index (χ2v) is 5.57. The fourth-order valence-corrected chi connectivity index (χ4v) is 2.59. The van der Waals surface area contributed by atoms with Crippen molar-refractivity contribution in [2.24, 2.45) is 0 Å². The summed E-state index contributed by atoms with van der Waals surface area (Å²) >= 11 is 0. The van der Waals surface area contributed by atoms with E-state index in [1.54, 1.807) is 9.80 Å². The van der Waals surface area contributed by atoms with Crippen LogP contribution in [0.25, 0.3) is 0 Å². The summed E-state index contributed by atoms with van der Waals surface area (Å²) in [7, 11) is 3.71. The van der Waals surface area contributed by atoms with Crippen LogP contribution in [-0.2, 0) is 0 Å². The molecule has 1 amide bonds. The van der Waals surface area contributed by atoms with Crippen LogP contribution >= 0.6 is 0 Å². The zero-order chi connectivity index (χ0) is 15.0. The highest BCUT2D eigenvalue weighted by atomic mass is 16.5. The monoisotopic (exact) mass is 289 g/mol. The summed E-state index contributed by atoms with van der Waals surface area (Å²) in [5, 5.41) is 3.92. The van der Waals surface area contributed by atoms with E-state index in [-0.39, 0.29) is 11.9 Å². The minimum absolute atomic E-state index is 0.0183. The molecule has 0 spiro atoms. The van der Waals surface area contributed by atoms with Gasteiger partial charge in [-0.3, -0.25) is 4.79 Å². The van der Waals surface area contributed by atoms with E-state index >= 15 is 0 Å². The number of anilines is 1. The predicted octanol–water partition coefficient (Wildman–Crippen LogP) is 1.75. The Bertz CT molecular complexity index is 645. The zero-order valence-corrected chi connectivity index (χ0v) is 12.5. The molecule has 1 N–H and O–H groups in total. The van der Waals surface area contributed by atoms with Crippen LogP contribution in [0.1, 0.15) is 40.8 Å². The molecule has 1 aliphatic rings. The van der Waals surface area contributed by atoms with Crippen molar-refractivity contribution in [3.63, 3.8) is 0 Å². The number of amides is 1. The van der Waals surface area contributed by atoms with Crippen molar-refractivity contribution in [3.05, 3.63) is 29.4 Å². The van der Waals surface area contributed by atoms with Crippen molar-refractivity contribution in [3.8, 4) is 0 Å². The number of nitrogens with zero attached hydrogens (tertiary/aromatic N) is 4. The van der Waals surface area contributed by atoms with Gasteiger partial charge in [-0.2, -0.15) is 4.98 Å². The largest absolute Gasteiger partial charge is 0.357 e. The summed E-state index contributed by atoms with van der Waals surface area (Å²) in [5.74, 6) is 1.02. The molecule has 1 atom stereocenters. The molecule has 1 fully saturated rings. The number of hydrogen-bond donors (Lipinski definition) is 1. The first kappa shape index (κ1) is 13.7. The molecule has 0 bridgehead atoms. The van der Waals surface area contributed by atoms with Gasteiger partial charge in [0.25, 0.3) is 17.7 Å². The van der Waals surface area contributed by atoms with Crippen molar-refractivity contribution in [2.45, 2.75) is 25.8 Å². The molecule has 21 heavy (non-hydrogen) atoms. The van der Waals surface area contributed by atoms with Gasteiger partial charge in [0, 0.05) is 26.8 Å². The lowest BCUT2D eigenvalue weighted by Crippen LogP contribution is -2.31. The number of H-pyrrole nitrogens is 1. The highest BCUT2D eigenvalue weighted by Crippen LogP contribution is 2.32. The number of hydrogen-bond acceptors (Lipinski definition) is 5. The van der Waals surface area contributed by atoms with Crippen LogP contribution in [0.15, 0.2) is 16.8 Å². The van der Waals surface area contributed by atoms with Crippen LogP contribution in [0.2, 0.25) is 0 Å². The Morgan fingerprint density at radius 1 is 1.52 bits per heavy atom. The van der Waals surface area contributed by atoms with Gasteiger partial charge in [-0.25, -0.2) is 0 Å². The lowest BCUT2D eigenvalue weighted by atomic mass is 10.2. The van der Waals surface area contributed by atoms with Crippen molar-refractivity contribution >= 4 is 11.9 Å². The molecular weight excluding hydrogens is 270 g/mol. The van der Waals surface area contributed by atoms with E-state index in [0.717, 1.165) is 18.4 Å². The number of aryl methyl sites for hydroxylation is 1. The number of aromatic amines is 1. The Balaban J connectivity index is 1.83. The molecule has 3 rings (SSSR count). The second-order valence-electron chi connectivity index (χ2n) is 5.57. The Hall–Kier alpha value is -2.31. The van der Waals surface area contributed by atoms with E-state index in [1.165, 1.54) is 0 Å². The first-order chi connectivity index (χ1) is 10.1. The summed E-state index contributed by atoms with van der Waals surface area (Å²) in [6.07, 6.45) is 3.62. The van der Waals surface area contributed by atoms with Gasteiger partial charge in [0.05, 0.1) is 0 Å². The smallest absolute Gasteiger partial charge is 0.270 e. The quantitative estimate of drug-likeness (QED) is 0.931. The predicted molar refractivity (Wildman–Crippen MR) is 77.2 cm³/mol. The topological polar surface area (TPSA) is 78.3 Å². The number of carbonyl (C=O) groups excluding carboxylic acids is 1. The fourth-order valence-electron chi connectivity index (χ4n) is 2.59. The van der Waals surface area contributed by atoms with Gasteiger partial charge in [-0.05, 0) is 36.6 Å². The van der Waals surface area contributed by atoms with Crippen LogP contribution in [0.3, 0.4) is 0 Å². The van der Waals surface area contributed by atoms with Crippen molar-refractivity contribution in [1.29, 1.82) is 0 Å². The molecule has 1 unspecified atom stereocenters. The Morgan fingerprint density at radius 3 is 2.95 bits per heavy atom. The molecule has 2 aromatic heterocycles. The second kappa shape index (κ2) is 5.23. The van der Waals surface area contributed by atoms with Gasteiger partial charge in [0.15, 0.2) is 0 Å². The van der Waals surface area contributed by atoms with Gasteiger partial charge in [-0.15, -0.1) is 0 Å². The molecule has 7 heteroatoms. The molecule has 3 heterocycles. The SMILES string of the molecule is Cc1c[nH]c(C(=O)N2CCCC2c2nc(N(C)C)no2)c1. The summed E-state index contributed by atoms with van der Waals surface area (Å²) in [5.41, 5.74) is 1.65. The summed E-state index contributed by atoms with van der Waals surface area (Å²) in [6, 6.07) is 1.72. The van der Waals surface area contributed by atoms with Crippen LogP contribution in [0, 0.1) is 6.92 Å². The highest BCUT2D eigenvalue weighted by Gasteiger charge is 2.35. The van der Waals surface area contributed by atoms with Gasteiger partial charge in [0.1, 0.15) is 11.7 Å². The minimum atomic E-state index is -0.137. The molecular formula is C14H19N5O2. The van der Waals surface area contributed by atoms with Gasteiger partial charge in [0.2, 0.25) is 0 Å². The summed E-state index contributed by atoms with van der Waals surface area (Å²) in [6.45, 7) is 2.66. The van der Waals surface area contributed by atoms with Crippen LogP contribution in [-0.4, -0.2) is 46.6 Å². The molecule has 112 valence electrons. The molecule has 0 saturated carbocycles. The standard InChI is InChI=1S/C14H19N5O2/c1-9-7-10(15-8-9)13(20)19-6-4-5-11(19)12-16-14(17-21-12)18(2)3/h7-8,11,15H,4-6H2,1-3H3. The fraction of sp³-hybridized carbons (Fsp3) is 0.500. The number of likely N-dealkylation sites (tertiary alicyclic amines) is 1. The van der Waals surface area contributed by atoms with E-state index < -0.39 is 0 Å². The van der Waals surface area contributed by atoms with Crippen LogP contribution in [0.4, 0.5) is 5.95 Å². The Labute approximate surface area is 122 Å². The van der Waals surface area contributed by atoms with Gasteiger partial charge >= 0.3 is 0 Å². The maximum Gasteiger partial charge on any atom is 0.270 e. The molecule has 2 aromatic rings. The third-order valence-corrected chi connectivity index (χ3v) is 3.69. The summed E-state index contributed by atoms with van der Waals surface area (Å²) in [4.78, 5) is 23.5. The first-order valence-corrected chi connectivity index (χ1v) is 7.03. The van der Waals surface area contributed by atoms with Gasteiger partial charge < -0.3 is 19.3 Å². The van der Waals surface area contributed by atoms with E-state index in [0.29, 0.717) is 24.1 Å². The minimum Gasteiger partial charge on any atom is -0.357 e. The number of nitrogens with one attached hydrogen (secondary N) is 1. The normalized spacial score (nSPS) is 18.2. The average Bonchev–Trinajstić information content (AvgIpc) is 3.17. The number of carbonyl (C=O) groups is 1. The molecule has 0 aliphatic carbocycles. The van der Waals surface area contributed by atoms with Crippen LogP contribution < -0.4 is 4.90 Å². The van der Waals surface area contributed by atoms with Crippen LogP contribution in [0.5, 0.6) is 0 Å². The maximum absolute atomic E-state index is 12.6. The molecule has 0 aromatic carbocycles. The molecule has 7 nitrogen and oxygen atoms in total. The Kier molecular flexibility index (Phi) is 3.40. The number of aromatic nitrogens is 3. The third-order valence-electron chi connectivity index (χ3n) is 3.69. The zero-order valence-electron chi connectivity index (χ0n) is 12.5. The maximum atomic E-state index is 12.6. The van der Waals surface area contributed by atoms with Crippen molar-refractivity contribution < 1.29 is 9.32 Å². The van der Waals surface area contributed by atoms with E-state index in [4.69, 9.17) is 4.52 Å². The van der Waals surface area contributed by atoms with E-state index in [9.17, 15) is 4.79 Å². The van der Waals surface area contributed by atoms with Crippen molar-refractivity contribution in [2.75, 3.05) is 25.5 Å². The van der Waals surface area contributed by atoms with Crippen molar-refractivity contribution in [1.82, 2.24) is 20.0 Å². The lowest BCUT2D eigenvalue weighted by molar-refractivity contribution is 0.0705. The number of rotatable bonds is 3. The molecule has 0 radical (unpaired) electrons. The third kappa shape index (κ3) is 2.51. The van der Waals surface area contributed by atoms with E-state index in [1.807, 2.05) is 33.3 Å². The Morgan fingerprint density at radius 2 is 2.33 bits per heavy atom. The first-order valence-electron chi connectivity index (χ1n) is 7.03. The van der Waals surface area contributed by atoms with E-state index in [2.05, 4.69) is 15.1 Å². The average molecular weight is 289 g/mol. The molecule has 1 aliphatic heterocycles.